The van der Waals surface area contributed by atoms with Gasteiger partial charge in [-0.1, -0.05) is 18.2 Å². The van der Waals surface area contributed by atoms with Gasteiger partial charge >= 0.3 is 0 Å². The Morgan fingerprint density at radius 3 is 1.02 bits per heavy atom. The maximum atomic E-state index is 10.6. The molecule has 0 fully saturated rings. The van der Waals surface area contributed by atoms with Gasteiger partial charge in [0.15, 0.2) is 14.7 Å². The van der Waals surface area contributed by atoms with Crippen LogP contribution in [-0.2, 0) is 21.0 Å². The normalized spacial score (nSPS) is 12.3. The highest BCUT2D eigenvalue weighted by Gasteiger charge is 2.29. The van der Waals surface area contributed by atoms with Crippen molar-refractivity contribution < 1.29 is 27.2 Å². The van der Waals surface area contributed by atoms with Gasteiger partial charge in [-0.2, -0.15) is 8.42 Å². The Hall–Kier alpha value is -3.46. The molecule has 0 atom stereocenters. The van der Waals surface area contributed by atoms with Gasteiger partial charge < -0.3 is 14.2 Å². The zero-order valence-corrected chi connectivity index (χ0v) is 29.7. The minimum Gasteiger partial charge on any atom is -0.488 e. The zero-order valence-electron chi connectivity index (χ0n) is 28.0. The Morgan fingerprint density at radius 1 is 0.511 bits per heavy atom. The van der Waals surface area contributed by atoms with Crippen molar-refractivity contribution in [2.75, 3.05) is 0 Å². The number of ether oxygens (including phenoxy) is 3. The molecule has 4 aromatic rings. The first-order valence-corrected chi connectivity index (χ1v) is 17.5. The number of rotatable bonds is 7. The van der Waals surface area contributed by atoms with E-state index in [0.29, 0.717) is 5.56 Å². The molecule has 1 N–H and O–H groups in total. The highest BCUT2D eigenvalue weighted by molar-refractivity contribution is 7.97. The van der Waals surface area contributed by atoms with Crippen molar-refractivity contribution in [1.82, 2.24) is 0 Å². The molecule has 0 heterocycles. The van der Waals surface area contributed by atoms with Crippen LogP contribution in [0.2, 0.25) is 0 Å². The standard InChI is InChI=1S/C30H39O3S.C7H8O3S/c1-28(2,3)31-22-10-16-25(17-11-22)34(26-18-12-23(13-19-26)32-29(4,5)6)27-20-14-24(15-21-27)33-30(7,8)9;1-6-4-2-3-5-7(6)11(8,9)10/h10-21H,1-9H3;2-5H,1H3,(H,8,9,10)/q+1;. The van der Waals surface area contributed by atoms with Gasteiger partial charge in [0.05, 0.1) is 15.8 Å². The highest BCUT2D eigenvalue weighted by Crippen LogP contribution is 2.35. The molecule has 0 aliphatic heterocycles. The van der Waals surface area contributed by atoms with Crippen molar-refractivity contribution >= 4 is 21.0 Å². The smallest absolute Gasteiger partial charge is 0.294 e. The molecule has 45 heavy (non-hydrogen) atoms. The summed E-state index contributed by atoms with van der Waals surface area (Å²) in [5, 5.41) is 0. The molecule has 0 radical (unpaired) electrons. The van der Waals surface area contributed by atoms with Crippen molar-refractivity contribution in [3.05, 3.63) is 103 Å². The summed E-state index contributed by atoms with van der Waals surface area (Å²) < 4.78 is 48.0. The molecule has 8 heteroatoms. The van der Waals surface area contributed by atoms with E-state index in [2.05, 4.69) is 135 Å². The van der Waals surface area contributed by atoms with Gasteiger partial charge in [0.2, 0.25) is 0 Å². The molecule has 0 aromatic heterocycles. The van der Waals surface area contributed by atoms with Gasteiger partial charge in [0, 0.05) is 0 Å². The largest absolute Gasteiger partial charge is 0.488 e. The lowest BCUT2D eigenvalue weighted by Gasteiger charge is -2.22. The topological polar surface area (TPSA) is 82.1 Å². The summed E-state index contributed by atoms with van der Waals surface area (Å²) in [6.07, 6.45) is 0. The summed E-state index contributed by atoms with van der Waals surface area (Å²) in [6.45, 7) is 20.2. The average Bonchev–Trinajstić information content (AvgIpc) is 2.89. The van der Waals surface area contributed by atoms with Gasteiger partial charge in [-0.3, -0.25) is 4.55 Å². The van der Waals surface area contributed by atoms with E-state index in [4.69, 9.17) is 18.8 Å². The van der Waals surface area contributed by atoms with Crippen molar-refractivity contribution in [3.63, 3.8) is 0 Å². The predicted molar refractivity (Wildman–Crippen MR) is 184 cm³/mol. The zero-order chi connectivity index (χ0) is 33.6. The molecule has 0 spiro atoms. The van der Waals surface area contributed by atoms with E-state index in [9.17, 15) is 8.42 Å². The fourth-order valence-corrected chi connectivity index (χ4v) is 7.01. The van der Waals surface area contributed by atoms with Gasteiger partial charge in [-0.05, 0) is 154 Å². The summed E-state index contributed by atoms with van der Waals surface area (Å²) in [7, 11) is -4.31. The molecule has 0 aliphatic carbocycles. The summed E-state index contributed by atoms with van der Waals surface area (Å²) in [5.41, 5.74) is -0.131. The van der Waals surface area contributed by atoms with Crippen molar-refractivity contribution in [2.45, 2.75) is 106 Å². The van der Waals surface area contributed by atoms with Crippen molar-refractivity contribution in [3.8, 4) is 17.2 Å². The fraction of sp³-hybridized carbons (Fsp3) is 0.351. The first-order chi connectivity index (χ1) is 20.7. The molecule has 0 amide bonds. The van der Waals surface area contributed by atoms with E-state index in [1.165, 1.54) is 20.8 Å². The maximum absolute atomic E-state index is 10.6. The maximum Gasteiger partial charge on any atom is 0.294 e. The van der Waals surface area contributed by atoms with Crippen LogP contribution in [0.3, 0.4) is 0 Å². The monoisotopic (exact) mass is 651 g/mol. The van der Waals surface area contributed by atoms with Crippen LogP contribution in [0.5, 0.6) is 17.2 Å². The lowest BCUT2D eigenvalue weighted by Crippen LogP contribution is -2.23. The fourth-order valence-electron chi connectivity index (χ4n) is 4.25. The van der Waals surface area contributed by atoms with E-state index in [-0.39, 0.29) is 32.6 Å². The third-order valence-electron chi connectivity index (χ3n) is 5.82. The molecule has 0 unspecified atom stereocenters. The third kappa shape index (κ3) is 12.1. The van der Waals surface area contributed by atoms with E-state index in [0.717, 1.165) is 17.2 Å². The lowest BCUT2D eigenvalue weighted by atomic mass is 10.2. The second-order valence-corrected chi connectivity index (χ2v) is 17.0. The molecule has 4 aromatic carbocycles. The van der Waals surface area contributed by atoms with Gasteiger partial charge in [-0.25, -0.2) is 0 Å². The molecule has 242 valence electrons. The highest BCUT2D eigenvalue weighted by atomic mass is 32.2. The Bertz CT molecular complexity index is 1480. The first kappa shape index (κ1) is 36.0. The van der Waals surface area contributed by atoms with Gasteiger partial charge in [0.1, 0.15) is 34.1 Å². The second-order valence-electron chi connectivity index (χ2n) is 13.6. The van der Waals surface area contributed by atoms with Gasteiger partial charge in [-0.15, -0.1) is 0 Å². The SMILES string of the molecule is CC(C)(C)Oc1ccc([S+](c2ccc(OC(C)(C)C)cc2)c2ccc(OC(C)(C)C)cc2)cc1.Cc1ccccc1S(=O)(=O)O. The third-order valence-corrected chi connectivity index (χ3v) is 9.07. The van der Waals surface area contributed by atoms with Crippen LogP contribution in [-0.4, -0.2) is 29.8 Å². The van der Waals surface area contributed by atoms with Crippen LogP contribution in [0.4, 0.5) is 0 Å². The van der Waals surface area contributed by atoms with Crippen LogP contribution in [0.15, 0.2) is 117 Å². The summed E-state index contributed by atoms with van der Waals surface area (Å²) in [6, 6.07) is 31.7. The Labute approximate surface area is 272 Å². The Morgan fingerprint density at radius 2 is 0.800 bits per heavy atom. The first-order valence-electron chi connectivity index (χ1n) is 14.8. The van der Waals surface area contributed by atoms with Crippen LogP contribution < -0.4 is 14.2 Å². The van der Waals surface area contributed by atoms with Crippen LogP contribution >= 0.6 is 0 Å². The van der Waals surface area contributed by atoms with E-state index >= 15 is 0 Å². The van der Waals surface area contributed by atoms with Gasteiger partial charge in [0.25, 0.3) is 10.1 Å². The molecule has 0 saturated heterocycles. The van der Waals surface area contributed by atoms with Crippen molar-refractivity contribution in [1.29, 1.82) is 0 Å². The molecule has 0 aliphatic rings. The molecule has 0 bridgehead atoms. The number of benzene rings is 4. The molecule has 4 rings (SSSR count). The number of hydrogen-bond donors (Lipinski definition) is 1. The second kappa shape index (κ2) is 14.3. The molecular formula is C37H47O6S2+. The minimum absolute atomic E-state index is 0.0278. The Kier molecular flexibility index (Phi) is 11.5. The molecule has 6 nitrogen and oxygen atoms in total. The molecule has 0 saturated carbocycles. The van der Waals surface area contributed by atoms with Crippen molar-refractivity contribution in [2.24, 2.45) is 0 Å². The average molecular weight is 652 g/mol. The van der Waals surface area contributed by atoms with E-state index in [1.807, 2.05) is 0 Å². The quantitative estimate of drug-likeness (QED) is 0.158. The summed E-state index contributed by atoms with van der Waals surface area (Å²) in [5.74, 6) is 2.63. The number of hydrogen-bond acceptors (Lipinski definition) is 5. The number of aryl methyl sites for hydroxylation is 1. The Balaban J connectivity index is 0.000000423. The molecular weight excluding hydrogens is 605 g/mol. The van der Waals surface area contributed by atoms with E-state index in [1.54, 1.807) is 25.1 Å². The van der Waals surface area contributed by atoms with Crippen LogP contribution in [0.1, 0.15) is 67.9 Å². The summed E-state index contributed by atoms with van der Waals surface area (Å²) >= 11 is 0. The van der Waals surface area contributed by atoms with Crippen LogP contribution in [0.25, 0.3) is 0 Å². The van der Waals surface area contributed by atoms with E-state index < -0.39 is 10.1 Å². The van der Waals surface area contributed by atoms with Crippen LogP contribution in [0, 0.1) is 6.92 Å². The lowest BCUT2D eigenvalue weighted by molar-refractivity contribution is 0.130. The predicted octanol–water partition coefficient (Wildman–Crippen LogP) is 9.56. The minimum atomic E-state index is -4.03. The summed E-state index contributed by atoms with van der Waals surface area (Å²) in [4.78, 5) is 3.67.